The molecule has 1 aliphatic carbocycles. The summed E-state index contributed by atoms with van der Waals surface area (Å²) in [5.41, 5.74) is 1.51. The summed E-state index contributed by atoms with van der Waals surface area (Å²) in [6.45, 7) is 8.06. The number of hydrogen-bond acceptors (Lipinski definition) is 3. The van der Waals surface area contributed by atoms with Crippen molar-refractivity contribution in [2.24, 2.45) is 5.92 Å². The highest BCUT2D eigenvalue weighted by molar-refractivity contribution is 5.88. The molecule has 1 N–H and O–H groups in total. The van der Waals surface area contributed by atoms with Gasteiger partial charge in [-0.15, -0.1) is 0 Å². The van der Waals surface area contributed by atoms with Crippen LogP contribution in [0.25, 0.3) is 0 Å². The minimum absolute atomic E-state index is 0.363. The molecule has 0 spiro atoms. The molecule has 4 heteroatoms. The summed E-state index contributed by atoms with van der Waals surface area (Å²) in [5, 5.41) is 9.00. The van der Waals surface area contributed by atoms with Crippen LogP contribution >= 0.6 is 0 Å². The molecule has 0 radical (unpaired) electrons. The van der Waals surface area contributed by atoms with Gasteiger partial charge in [0.15, 0.2) is 0 Å². The van der Waals surface area contributed by atoms with Gasteiger partial charge in [0.1, 0.15) is 0 Å². The van der Waals surface area contributed by atoms with E-state index in [-0.39, 0.29) is 0 Å². The highest BCUT2D eigenvalue weighted by Gasteiger charge is 2.30. The molecule has 0 unspecified atom stereocenters. The van der Waals surface area contributed by atoms with Crippen LogP contribution in [0.15, 0.2) is 24.3 Å². The third kappa shape index (κ3) is 3.92. The predicted molar refractivity (Wildman–Crippen MR) is 97.8 cm³/mol. The van der Waals surface area contributed by atoms with Crippen LogP contribution in [-0.4, -0.2) is 47.7 Å². The molecule has 1 saturated carbocycles. The maximum absolute atomic E-state index is 11.0. The molecule has 1 aromatic carbocycles. The second-order valence-electron chi connectivity index (χ2n) is 7.66. The molecular formula is C20H30N2O2. The number of carboxylic acid groups (broad SMARTS) is 1. The first-order valence-electron chi connectivity index (χ1n) is 9.38. The highest BCUT2D eigenvalue weighted by atomic mass is 16.4. The number of carbonyl (C=O) groups is 1. The molecule has 1 aliphatic heterocycles. The van der Waals surface area contributed by atoms with Crippen LogP contribution < -0.4 is 4.90 Å². The number of carboxylic acids is 1. The minimum Gasteiger partial charge on any atom is -0.478 e. The summed E-state index contributed by atoms with van der Waals surface area (Å²) in [5.74, 6) is -0.0624. The fourth-order valence-electron chi connectivity index (χ4n) is 3.99. The van der Waals surface area contributed by atoms with Crippen LogP contribution in [0, 0.1) is 5.92 Å². The molecule has 1 heterocycles. The summed E-state index contributed by atoms with van der Waals surface area (Å²) >= 11 is 0. The molecule has 3 rings (SSSR count). The summed E-state index contributed by atoms with van der Waals surface area (Å²) < 4.78 is 0. The van der Waals surface area contributed by atoms with Crippen molar-refractivity contribution in [3.63, 3.8) is 0 Å². The molecule has 24 heavy (non-hydrogen) atoms. The first-order valence-corrected chi connectivity index (χ1v) is 9.38. The first kappa shape index (κ1) is 17.3. The van der Waals surface area contributed by atoms with Crippen molar-refractivity contribution >= 4 is 11.7 Å². The van der Waals surface area contributed by atoms with Crippen molar-refractivity contribution in [1.29, 1.82) is 0 Å². The molecule has 1 saturated heterocycles. The van der Waals surface area contributed by atoms with E-state index >= 15 is 0 Å². The number of aromatic carboxylic acids is 1. The van der Waals surface area contributed by atoms with Crippen LogP contribution in [0.1, 0.15) is 56.3 Å². The van der Waals surface area contributed by atoms with Crippen LogP contribution in [0.3, 0.4) is 0 Å². The van der Waals surface area contributed by atoms with E-state index in [0.717, 1.165) is 30.7 Å². The van der Waals surface area contributed by atoms with Crippen molar-refractivity contribution in [2.75, 3.05) is 24.5 Å². The number of benzene rings is 1. The van der Waals surface area contributed by atoms with Crippen molar-refractivity contribution in [1.82, 2.24) is 4.90 Å². The standard InChI is InChI=1S/C20H30N2O2/c1-15(2)22(19-4-3-5-19)14-16-10-12-21(13-11-16)18-8-6-17(7-9-18)20(23)24/h6-9,15-16,19H,3-5,10-14H2,1-2H3,(H,23,24). The molecule has 2 aliphatic rings. The van der Waals surface area contributed by atoms with Crippen molar-refractivity contribution in [3.05, 3.63) is 29.8 Å². The van der Waals surface area contributed by atoms with Gasteiger partial charge in [0.2, 0.25) is 0 Å². The van der Waals surface area contributed by atoms with Gasteiger partial charge in [0, 0.05) is 37.4 Å². The SMILES string of the molecule is CC(C)N(CC1CCN(c2ccc(C(=O)O)cc2)CC1)C1CCC1. The van der Waals surface area contributed by atoms with Gasteiger partial charge in [-0.3, -0.25) is 4.90 Å². The van der Waals surface area contributed by atoms with E-state index in [1.54, 1.807) is 12.1 Å². The molecule has 0 amide bonds. The van der Waals surface area contributed by atoms with Crippen molar-refractivity contribution in [2.45, 2.75) is 58.0 Å². The lowest BCUT2D eigenvalue weighted by Crippen LogP contribution is -2.48. The summed E-state index contributed by atoms with van der Waals surface area (Å²) in [6, 6.07) is 8.78. The zero-order valence-electron chi connectivity index (χ0n) is 14.9. The molecule has 132 valence electrons. The molecular weight excluding hydrogens is 300 g/mol. The third-order valence-corrected chi connectivity index (χ3v) is 5.77. The largest absolute Gasteiger partial charge is 0.478 e. The Bertz CT molecular complexity index is 543. The molecule has 4 nitrogen and oxygen atoms in total. The van der Waals surface area contributed by atoms with Gasteiger partial charge < -0.3 is 10.0 Å². The quantitative estimate of drug-likeness (QED) is 0.860. The number of anilines is 1. The smallest absolute Gasteiger partial charge is 0.335 e. The third-order valence-electron chi connectivity index (χ3n) is 5.77. The Balaban J connectivity index is 1.52. The lowest BCUT2D eigenvalue weighted by atomic mass is 9.88. The topological polar surface area (TPSA) is 43.8 Å². The molecule has 1 aromatic rings. The average molecular weight is 330 g/mol. The van der Waals surface area contributed by atoms with Crippen molar-refractivity contribution in [3.8, 4) is 0 Å². The van der Waals surface area contributed by atoms with E-state index in [9.17, 15) is 4.79 Å². The Labute approximate surface area is 145 Å². The molecule has 0 bridgehead atoms. The van der Waals surface area contributed by atoms with E-state index in [4.69, 9.17) is 5.11 Å². The zero-order valence-corrected chi connectivity index (χ0v) is 14.9. The molecule has 0 aromatic heterocycles. The second-order valence-corrected chi connectivity index (χ2v) is 7.66. The fourth-order valence-corrected chi connectivity index (χ4v) is 3.99. The maximum Gasteiger partial charge on any atom is 0.335 e. The summed E-state index contributed by atoms with van der Waals surface area (Å²) in [7, 11) is 0. The Morgan fingerprint density at radius 2 is 1.79 bits per heavy atom. The van der Waals surface area contributed by atoms with Crippen molar-refractivity contribution < 1.29 is 9.90 Å². The predicted octanol–water partition coefficient (Wildman–Crippen LogP) is 3.86. The lowest BCUT2D eigenvalue weighted by Gasteiger charge is -2.43. The normalized spacial score (nSPS) is 19.8. The average Bonchev–Trinajstić information content (AvgIpc) is 2.53. The lowest BCUT2D eigenvalue weighted by molar-refractivity contribution is 0.0696. The fraction of sp³-hybridized carbons (Fsp3) is 0.650. The zero-order chi connectivity index (χ0) is 17.1. The minimum atomic E-state index is -0.856. The Kier molecular flexibility index (Phi) is 5.44. The van der Waals surface area contributed by atoms with Gasteiger partial charge in [-0.2, -0.15) is 0 Å². The van der Waals surface area contributed by atoms with Gasteiger partial charge in [-0.05, 0) is 69.7 Å². The number of nitrogens with zero attached hydrogens (tertiary/aromatic N) is 2. The van der Waals surface area contributed by atoms with Gasteiger partial charge in [-0.25, -0.2) is 4.79 Å². The molecule has 2 fully saturated rings. The summed E-state index contributed by atoms with van der Waals surface area (Å²) in [4.78, 5) is 16.1. The first-order chi connectivity index (χ1) is 11.5. The van der Waals surface area contributed by atoms with E-state index in [2.05, 4.69) is 23.6 Å². The van der Waals surface area contributed by atoms with E-state index in [0.29, 0.717) is 11.6 Å². The number of rotatable bonds is 6. The van der Waals surface area contributed by atoms with Gasteiger partial charge in [-0.1, -0.05) is 6.42 Å². The Hall–Kier alpha value is -1.55. The van der Waals surface area contributed by atoms with Gasteiger partial charge in [0.25, 0.3) is 0 Å². The van der Waals surface area contributed by atoms with E-state index < -0.39 is 5.97 Å². The van der Waals surface area contributed by atoms with Gasteiger partial charge >= 0.3 is 5.97 Å². The van der Waals surface area contributed by atoms with Crippen LogP contribution in [-0.2, 0) is 0 Å². The Morgan fingerprint density at radius 3 is 2.25 bits per heavy atom. The van der Waals surface area contributed by atoms with E-state index in [1.807, 2.05) is 12.1 Å². The number of hydrogen-bond donors (Lipinski definition) is 1. The van der Waals surface area contributed by atoms with Crippen LogP contribution in [0.4, 0.5) is 5.69 Å². The number of piperidine rings is 1. The van der Waals surface area contributed by atoms with Crippen LogP contribution in [0.2, 0.25) is 0 Å². The Morgan fingerprint density at radius 1 is 1.17 bits per heavy atom. The second kappa shape index (κ2) is 7.56. The summed E-state index contributed by atoms with van der Waals surface area (Å²) in [6.07, 6.45) is 6.63. The highest BCUT2D eigenvalue weighted by Crippen LogP contribution is 2.30. The monoisotopic (exact) mass is 330 g/mol. The molecule has 0 atom stereocenters. The van der Waals surface area contributed by atoms with Gasteiger partial charge in [0.05, 0.1) is 5.56 Å². The maximum atomic E-state index is 11.0. The van der Waals surface area contributed by atoms with E-state index in [1.165, 1.54) is 38.6 Å². The van der Waals surface area contributed by atoms with Crippen LogP contribution in [0.5, 0.6) is 0 Å².